The summed E-state index contributed by atoms with van der Waals surface area (Å²) in [5.74, 6) is 0.306. The van der Waals surface area contributed by atoms with Crippen molar-refractivity contribution in [3.05, 3.63) is 29.0 Å². The highest BCUT2D eigenvalue weighted by molar-refractivity contribution is 7.10. The van der Waals surface area contributed by atoms with E-state index < -0.39 is 0 Å². The van der Waals surface area contributed by atoms with Gasteiger partial charge in [-0.25, -0.2) is 4.98 Å². The summed E-state index contributed by atoms with van der Waals surface area (Å²) in [7, 11) is 0. The Morgan fingerprint density at radius 1 is 1.40 bits per heavy atom. The largest absolute Gasteiger partial charge is 0.330 e. The molecule has 0 amide bonds. The molecule has 0 aliphatic carbocycles. The molecule has 0 aliphatic heterocycles. The Hall–Kier alpha value is -1.33. The molecular weight excluding hydrogens is 208 g/mol. The Bertz CT molecular complexity index is 426. The van der Waals surface area contributed by atoms with E-state index in [2.05, 4.69) is 21.9 Å². The van der Waals surface area contributed by atoms with Crippen LogP contribution < -0.4 is 5.73 Å². The number of nitrogens with two attached hydrogens (primary N) is 1. The van der Waals surface area contributed by atoms with Crippen LogP contribution >= 0.6 is 11.3 Å². The molecular formula is C10H12N4S. The van der Waals surface area contributed by atoms with Gasteiger partial charge in [-0.1, -0.05) is 6.92 Å². The number of hydrogen-bond acceptors (Lipinski definition) is 5. The van der Waals surface area contributed by atoms with Crippen molar-refractivity contribution in [1.82, 2.24) is 15.0 Å². The standard InChI is InChI=1S/C10H12N4S/c1-7(4-11)10-14-9(6-15-10)8-5-12-2-3-13-8/h2-3,5-7H,4,11H2,1H3. The zero-order valence-electron chi connectivity index (χ0n) is 8.42. The van der Waals surface area contributed by atoms with E-state index in [0.29, 0.717) is 12.5 Å². The van der Waals surface area contributed by atoms with Crippen LogP contribution in [0.5, 0.6) is 0 Å². The van der Waals surface area contributed by atoms with Gasteiger partial charge in [0.15, 0.2) is 0 Å². The molecule has 2 heterocycles. The Morgan fingerprint density at radius 2 is 2.27 bits per heavy atom. The molecule has 0 aliphatic rings. The molecule has 15 heavy (non-hydrogen) atoms. The predicted molar refractivity (Wildman–Crippen MR) is 60.6 cm³/mol. The summed E-state index contributed by atoms with van der Waals surface area (Å²) in [5.41, 5.74) is 7.28. The van der Waals surface area contributed by atoms with E-state index in [9.17, 15) is 0 Å². The summed E-state index contributed by atoms with van der Waals surface area (Å²) in [4.78, 5) is 12.7. The third kappa shape index (κ3) is 2.19. The molecule has 4 nitrogen and oxygen atoms in total. The number of aromatic nitrogens is 3. The summed E-state index contributed by atoms with van der Waals surface area (Å²) in [6.45, 7) is 2.69. The van der Waals surface area contributed by atoms with Crippen molar-refractivity contribution in [1.29, 1.82) is 0 Å². The van der Waals surface area contributed by atoms with E-state index in [1.165, 1.54) is 0 Å². The van der Waals surface area contributed by atoms with Crippen LogP contribution in [0.4, 0.5) is 0 Å². The lowest BCUT2D eigenvalue weighted by atomic mass is 10.2. The molecule has 2 aromatic heterocycles. The van der Waals surface area contributed by atoms with Crippen molar-refractivity contribution in [2.24, 2.45) is 5.73 Å². The quantitative estimate of drug-likeness (QED) is 0.854. The average molecular weight is 220 g/mol. The second-order valence-corrected chi connectivity index (χ2v) is 4.19. The van der Waals surface area contributed by atoms with E-state index in [4.69, 9.17) is 5.73 Å². The topological polar surface area (TPSA) is 64.7 Å². The molecule has 0 bridgehead atoms. The average Bonchev–Trinajstić information content (AvgIpc) is 2.78. The van der Waals surface area contributed by atoms with Crippen molar-refractivity contribution in [3.63, 3.8) is 0 Å². The van der Waals surface area contributed by atoms with Gasteiger partial charge in [-0.2, -0.15) is 0 Å². The molecule has 2 rings (SSSR count). The van der Waals surface area contributed by atoms with Crippen LogP contribution in [0.15, 0.2) is 24.0 Å². The minimum absolute atomic E-state index is 0.306. The zero-order chi connectivity index (χ0) is 10.7. The highest BCUT2D eigenvalue weighted by Gasteiger charge is 2.10. The smallest absolute Gasteiger partial charge is 0.108 e. The molecule has 0 saturated carbocycles. The summed E-state index contributed by atoms with van der Waals surface area (Å²) < 4.78 is 0. The Labute approximate surface area is 92.2 Å². The van der Waals surface area contributed by atoms with E-state index in [1.807, 2.05) is 5.38 Å². The van der Waals surface area contributed by atoms with Crippen LogP contribution in [0.1, 0.15) is 17.8 Å². The lowest BCUT2D eigenvalue weighted by molar-refractivity contribution is 0.766. The molecule has 78 valence electrons. The highest BCUT2D eigenvalue weighted by atomic mass is 32.1. The Kier molecular flexibility index (Phi) is 3.03. The fourth-order valence-corrected chi connectivity index (χ4v) is 2.05. The second-order valence-electron chi connectivity index (χ2n) is 3.30. The van der Waals surface area contributed by atoms with Crippen molar-refractivity contribution in [2.45, 2.75) is 12.8 Å². The normalized spacial score (nSPS) is 12.7. The van der Waals surface area contributed by atoms with Gasteiger partial charge in [-0.05, 0) is 0 Å². The van der Waals surface area contributed by atoms with Crippen molar-refractivity contribution < 1.29 is 0 Å². The lowest BCUT2D eigenvalue weighted by Gasteiger charge is -2.01. The number of thiazole rings is 1. The molecule has 1 atom stereocenters. The van der Waals surface area contributed by atoms with E-state index in [-0.39, 0.29) is 0 Å². The van der Waals surface area contributed by atoms with Gasteiger partial charge in [-0.15, -0.1) is 11.3 Å². The van der Waals surface area contributed by atoms with E-state index in [0.717, 1.165) is 16.4 Å². The first-order valence-corrected chi connectivity index (χ1v) is 5.61. The van der Waals surface area contributed by atoms with Gasteiger partial charge in [0.1, 0.15) is 11.4 Å². The number of hydrogen-bond donors (Lipinski definition) is 1. The second kappa shape index (κ2) is 4.46. The van der Waals surface area contributed by atoms with Crippen LogP contribution in [0.25, 0.3) is 11.4 Å². The summed E-state index contributed by atoms with van der Waals surface area (Å²) in [6.07, 6.45) is 5.03. The molecule has 2 aromatic rings. The van der Waals surface area contributed by atoms with Crippen molar-refractivity contribution >= 4 is 11.3 Å². The summed E-state index contributed by atoms with van der Waals surface area (Å²) in [6, 6.07) is 0. The van der Waals surface area contributed by atoms with Crippen LogP contribution in [-0.2, 0) is 0 Å². The SMILES string of the molecule is CC(CN)c1nc(-c2cnccn2)cs1. The minimum atomic E-state index is 0.306. The number of rotatable bonds is 3. The van der Waals surface area contributed by atoms with Crippen LogP contribution in [0, 0.1) is 0 Å². The van der Waals surface area contributed by atoms with Crippen LogP contribution in [0.3, 0.4) is 0 Å². The van der Waals surface area contributed by atoms with Gasteiger partial charge in [0.05, 0.1) is 11.2 Å². The molecule has 0 spiro atoms. The van der Waals surface area contributed by atoms with Crippen molar-refractivity contribution in [2.75, 3.05) is 6.54 Å². The van der Waals surface area contributed by atoms with Gasteiger partial charge in [0, 0.05) is 30.2 Å². The monoisotopic (exact) mass is 220 g/mol. The maximum absolute atomic E-state index is 5.59. The fourth-order valence-electron chi connectivity index (χ4n) is 1.16. The molecule has 0 aromatic carbocycles. The number of nitrogens with zero attached hydrogens (tertiary/aromatic N) is 3. The molecule has 2 N–H and O–H groups in total. The molecule has 5 heteroatoms. The molecule has 0 radical (unpaired) electrons. The molecule has 0 saturated heterocycles. The van der Waals surface area contributed by atoms with Gasteiger partial charge in [0.25, 0.3) is 0 Å². The van der Waals surface area contributed by atoms with Crippen LogP contribution in [-0.4, -0.2) is 21.5 Å². The maximum Gasteiger partial charge on any atom is 0.108 e. The van der Waals surface area contributed by atoms with E-state index >= 15 is 0 Å². The first-order chi connectivity index (χ1) is 7.31. The van der Waals surface area contributed by atoms with Gasteiger partial charge in [0.2, 0.25) is 0 Å². The Balaban J connectivity index is 2.28. The summed E-state index contributed by atoms with van der Waals surface area (Å²) >= 11 is 1.62. The van der Waals surface area contributed by atoms with Gasteiger partial charge in [-0.3, -0.25) is 9.97 Å². The molecule has 0 fully saturated rings. The third-order valence-corrected chi connectivity index (χ3v) is 3.20. The highest BCUT2D eigenvalue weighted by Crippen LogP contribution is 2.23. The third-order valence-electron chi connectivity index (χ3n) is 2.12. The van der Waals surface area contributed by atoms with Crippen molar-refractivity contribution in [3.8, 4) is 11.4 Å². The van der Waals surface area contributed by atoms with Gasteiger partial charge < -0.3 is 5.73 Å². The predicted octanol–water partition coefficient (Wildman–Crippen LogP) is 1.66. The maximum atomic E-state index is 5.59. The Morgan fingerprint density at radius 3 is 2.93 bits per heavy atom. The first-order valence-electron chi connectivity index (χ1n) is 4.73. The van der Waals surface area contributed by atoms with E-state index in [1.54, 1.807) is 29.9 Å². The molecule has 1 unspecified atom stereocenters. The fraction of sp³-hybridized carbons (Fsp3) is 0.300. The minimum Gasteiger partial charge on any atom is -0.330 e. The van der Waals surface area contributed by atoms with Crippen LogP contribution in [0.2, 0.25) is 0 Å². The zero-order valence-corrected chi connectivity index (χ0v) is 9.24. The summed E-state index contributed by atoms with van der Waals surface area (Å²) in [5, 5.41) is 3.05. The van der Waals surface area contributed by atoms with Gasteiger partial charge >= 0.3 is 0 Å². The first kappa shape index (κ1) is 10.2. The lowest BCUT2D eigenvalue weighted by Crippen LogP contribution is -2.08.